The Bertz CT molecular complexity index is 938. The Labute approximate surface area is 147 Å². The monoisotopic (exact) mass is 333 g/mol. The highest BCUT2D eigenvalue weighted by Crippen LogP contribution is 2.25. The molecule has 1 saturated heterocycles. The van der Waals surface area contributed by atoms with Crippen molar-refractivity contribution in [2.24, 2.45) is 0 Å². The van der Waals surface area contributed by atoms with Crippen molar-refractivity contribution < 1.29 is 0 Å². The third-order valence-electron chi connectivity index (χ3n) is 4.98. The SMILES string of the molecule is Cc1ccc(-c2nn(CN3CCCCC3)c(=O)c3ccccc23)cc1. The Hall–Kier alpha value is -2.46. The lowest BCUT2D eigenvalue weighted by molar-refractivity contribution is 0.170. The number of hydrogen-bond donors (Lipinski definition) is 0. The van der Waals surface area contributed by atoms with E-state index < -0.39 is 0 Å². The fourth-order valence-electron chi connectivity index (χ4n) is 3.55. The molecule has 0 radical (unpaired) electrons. The lowest BCUT2D eigenvalue weighted by Crippen LogP contribution is -2.37. The van der Waals surface area contributed by atoms with Gasteiger partial charge in [0.15, 0.2) is 0 Å². The zero-order valence-corrected chi connectivity index (χ0v) is 14.6. The van der Waals surface area contributed by atoms with Crippen LogP contribution in [0.25, 0.3) is 22.0 Å². The Morgan fingerprint density at radius 1 is 0.920 bits per heavy atom. The first-order valence-corrected chi connectivity index (χ1v) is 9.01. The van der Waals surface area contributed by atoms with Gasteiger partial charge >= 0.3 is 0 Å². The largest absolute Gasteiger partial charge is 0.284 e. The summed E-state index contributed by atoms with van der Waals surface area (Å²) in [4.78, 5) is 15.2. The highest BCUT2D eigenvalue weighted by atomic mass is 16.1. The molecule has 2 aromatic carbocycles. The molecule has 0 atom stereocenters. The summed E-state index contributed by atoms with van der Waals surface area (Å²) in [5.41, 5.74) is 3.15. The Morgan fingerprint density at radius 3 is 2.32 bits per heavy atom. The number of aryl methyl sites for hydroxylation is 1. The zero-order chi connectivity index (χ0) is 17.2. The summed E-state index contributed by atoms with van der Waals surface area (Å²) in [6, 6.07) is 16.1. The van der Waals surface area contributed by atoms with Crippen LogP contribution in [0.3, 0.4) is 0 Å². The van der Waals surface area contributed by atoms with Crippen molar-refractivity contribution in [3.05, 3.63) is 64.4 Å². The molecule has 0 N–H and O–H groups in total. The number of fused-ring (bicyclic) bond motifs is 1. The summed E-state index contributed by atoms with van der Waals surface area (Å²) in [6.45, 7) is 4.73. The second kappa shape index (κ2) is 6.81. The average Bonchev–Trinajstić information content (AvgIpc) is 2.66. The van der Waals surface area contributed by atoms with Gasteiger partial charge in [-0.1, -0.05) is 54.4 Å². The van der Waals surface area contributed by atoms with Crippen LogP contribution in [0.5, 0.6) is 0 Å². The molecule has 0 saturated carbocycles. The first-order chi connectivity index (χ1) is 12.2. The van der Waals surface area contributed by atoms with Crippen LogP contribution in [-0.4, -0.2) is 27.8 Å². The van der Waals surface area contributed by atoms with E-state index in [2.05, 4.69) is 36.1 Å². The Balaban J connectivity index is 1.84. The molecule has 1 aliphatic heterocycles. The maximum atomic E-state index is 12.9. The van der Waals surface area contributed by atoms with E-state index in [0.717, 1.165) is 35.1 Å². The predicted molar refractivity (Wildman–Crippen MR) is 102 cm³/mol. The van der Waals surface area contributed by atoms with Crippen molar-refractivity contribution in [1.82, 2.24) is 14.7 Å². The topological polar surface area (TPSA) is 38.1 Å². The molecule has 0 bridgehead atoms. The highest BCUT2D eigenvalue weighted by molar-refractivity contribution is 5.93. The van der Waals surface area contributed by atoms with Crippen LogP contribution < -0.4 is 5.56 Å². The Morgan fingerprint density at radius 2 is 1.60 bits per heavy atom. The van der Waals surface area contributed by atoms with Crippen molar-refractivity contribution in [3.63, 3.8) is 0 Å². The number of piperidine rings is 1. The van der Waals surface area contributed by atoms with Gasteiger partial charge in [0.05, 0.1) is 17.7 Å². The summed E-state index contributed by atoms with van der Waals surface area (Å²) in [7, 11) is 0. The number of aromatic nitrogens is 2. The maximum Gasteiger partial charge on any atom is 0.275 e. The molecule has 0 aliphatic carbocycles. The maximum absolute atomic E-state index is 12.9. The van der Waals surface area contributed by atoms with Crippen molar-refractivity contribution in [2.45, 2.75) is 32.9 Å². The van der Waals surface area contributed by atoms with Crippen LogP contribution in [0, 0.1) is 6.92 Å². The molecule has 0 spiro atoms. The number of nitrogens with zero attached hydrogens (tertiary/aromatic N) is 3. The summed E-state index contributed by atoms with van der Waals surface area (Å²) in [6.07, 6.45) is 3.69. The van der Waals surface area contributed by atoms with E-state index in [0.29, 0.717) is 6.67 Å². The van der Waals surface area contributed by atoms with Crippen LogP contribution >= 0.6 is 0 Å². The Kier molecular flexibility index (Phi) is 4.36. The van der Waals surface area contributed by atoms with E-state index in [-0.39, 0.29) is 5.56 Å². The first kappa shape index (κ1) is 16.0. The first-order valence-electron chi connectivity index (χ1n) is 9.01. The molecule has 1 fully saturated rings. The van der Waals surface area contributed by atoms with Gasteiger partial charge < -0.3 is 0 Å². The standard InChI is InChI=1S/C21H23N3O/c1-16-9-11-17(12-10-16)20-18-7-3-4-8-19(18)21(25)24(22-20)15-23-13-5-2-6-14-23/h3-4,7-12H,2,5-6,13-15H2,1H3. The molecule has 0 amide bonds. The number of rotatable bonds is 3. The van der Waals surface area contributed by atoms with Gasteiger partial charge in [0.1, 0.15) is 0 Å². The minimum absolute atomic E-state index is 0.00275. The molecular formula is C21H23N3O. The van der Waals surface area contributed by atoms with Gasteiger partial charge in [-0.2, -0.15) is 5.10 Å². The van der Waals surface area contributed by atoms with Gasteiger partial charge in [0.25, 0.3) is 5.56 Å². The van der Waals surface area contributed by atoms with E-state index in [1.54, 1.807) is 4.68 Å². The van der Waals surface area contributed by atoms with Crippen LogP contribution in [0.2, 0.25) is 0 Å². The normalized spacial score (nSPS) is 15.6. The summed E-state index contributed by atoms with van der Waals surface area (Å²) in [5, 5.41) is 6.42. The smallest absolute Gasteiger partial charge is 0.275 e. The van der Waals surface area contributed by atoms with Gasteiger partial charge in [-0.25, -0.2) is 4.68 Å². The third-order valence-corrected chi connectivity index (χ3v) is 4.98. The molecule has 25 heavy (non-hydrogen) atoms. The van der Waals surface area contributed by atoms with E-state index in [1.165, 1.54) is 24.8 Å². The number of likely N-dealkylation sites (tertiary alicyclic amines) is 1. The quantitative estimate of drug-likeness (QED) is 0.731. The predicted octanol–water partition coefficient (Wildman–Crippen LogP) is 3.82. The van der Waals surface area contributed by atoms with E-state index in [9.17, 15) is 4.79 Å². The molecule has 4 heteroatoms. The molecule has 1 aliphatic rings. The highest BCUT2D eigenvalue weighted by Gasteiger charge is 2.15. The molecule has 0 unspecified atom stereocenters. The van der Waals surface area contributed by atoms with Gasteiger partial charge in [0.2, 0.25) is 0 Å². The number of hydrogen-bond acceptors (Lipinski definition) is 3. The molecular weight excluding hydrogens is 310 g/mol. The van der Waals surface area contributed by atoms with E-state index >= 15 is 0 Å². The lowest BCUT2D eigenvalue weighted by Gasteiger charge is -2.26. The number of benzene rings is 2. The third kappa shape index (κ3) is 3.22. The summed E-state index contributed by atoms with van der Waals surface area (Å²) >= 11 is 0. The summed E-state index contributed by atoms with van der Waals surface area (Å²) < 4.78 is 1.64. The fraction of sp³-hybridized carbons (Fsp3) is 0.333. The van der Waals surface area contributed by atoms with Crippen molar-refractivity contribution >= 4 is 10.8 Å². The van der Waals surface area contributed by atoms with E-state index in [4.69, 9.17) is 5.10 Å². The van der Waals surface area contributed by atoms with Crippen LogP contribution in [0.4, 0.5) is 0 Å². The molecule has 1 aromatic heterocycles. The van der Waals surface area contributed by atoms with Gasteiger partial charge in [-0.3, -0.25) is 9.69 Å². The molecule has 4 nitrogen and oxygen atoms in total. The molecule has 2 heterocycles. The van der Waals surface area contributed by atoms with Crippen molar-refractivity contribution in [3.8, 4) is 11.3 Å². The molecule has 128 valence electrons. The van der Waals surface area contributed by atoms with Gasteiger partial charge in [0, 0.05) is 10.9 Å². The second-order valence-electron chi connectivity index (χ2n) is 6.89. The minimum atomic E-state index is -0.00275. The summed E-state index contributed by atoms with van der Waals surface area (Å²) in [5.74, 6) is 0. The van der Waals surface area contributed by atoms with Crippen molar-refractivity contribution in [2.75, 3.05) is 13.1 Å². The average molecular weight is 333 g/mol. The van der Waals surface area contributed by atoms with Crippen molar-refractivity contribution in [1.29, 1.82) is 0 Å². The molecule has 4 rings (SSSR count). The zero-order valence-electron chi connectivity index (χ0n) is 14.6. The molecule has 3 aromatic rings. The minimum Gasteiger partial charge on any atom is -0.284 e. The second-order valence-corrected chi connectivity index (χ2v) is 6.89. The van der Waals surface area contributed by atoms with Gasteiger partial charge in [-0.05, 0) is 38.9 Å². The van der Waals surface area contributed by atoms with E-state index in [1.807, 2.05) is 24.3 Å². The van der Waals surface area contributed by atoms with Gasteiger partial charge in [-0.15, -0.1) is 0 Å². The van der Waals surface area contributed by atoms with Crippen LogP contribution in [0.1, 0.15) is 24.8 Å². The lowest BCUT2D eigenvalue weighted by atomic mass is 10.0. The van der Waals surface area contributed by atoms with Crippen LogP contribution in [-0.2, 0) is 6.67 Å². The fourth-order valence-corrected chi connectivity index (χ4v) is 3.55. The van der Waals surface area contributed by atoms with Crippen LogP contribution in [0.15, 0.2) is 53.3 Å².